The van der Waals surface area contributed by atoms with Crippen LogP contribution in [0.4, 0.5) is 0 Å². The van der Waals surface area contributed by atoms with Crippen LogP contribution in [0.15, 0.2) is 29.2 Å². The Morgan fingerprint density at radius 1 is 1.29 bits per heavy atom. The van der Waals surface area contributed by atoms with E-state index in [1.165, 1.54) is 36.1 Å². The average Bonchev–Trinajstić information content (AvgIpc) is 2.42. The van der Waals surface area contributed by atoms with Crippen LogP contribution in [0.5, 0.6) is 0 Å². The van der Waals surface area contributed by atoms with Crippen LogP contribution in [-0.2, 0) is 19.6 Å². The summed E-state index contributed by atoms with van der Waals surface area (Å²) in [6.07, 6.45) is 0. The summed E-state index contributed by atoms with van der Waals surface area (Å²) in [7, 11) is -2.05. The fraction of sp³-hybridized carbons (Fsp3) is 0.462. The normalized spacial score (nSPS) is 11.4. The average molecular weight is 335 g/mol. The van der Waals surface area contributed by atoms with Gasteiger partial charge >= 0.3 is 0 Å². The first-order valence-electron chi connectivity index (χ1n) is 6.36. The number of rotatable bonds is 8. The molecule has 1 amide bonds. The van der Waals surface area contributed by atoms with E-state index < -0.39 is 10.0 Å². The SMILES string of the molecule is COCCN(CCNS(=O)(=O)c1ccc(Cl)cc1)C(C)=O. The number of hydrogen-bond acceptors (Lipinski definition) is 4. The third-order valence-electron chi connectivity index (χ3n) is 2.81. The largest absolute Gasteiger partial charge is 0.383 e. The molecule has 118 valence electrons. The molecule has 21 heavy (non-hydrogen) atoms. The van der Waals surface area contributed by atoms with E-state index in [4.69, 9.17) is 16.3 Å². The van der Waals surface area contributed by atoms with E-state index in [1.807, 2.05) is 0 Å². The molecule has 0 bridgehead atoms. The Kier molecular flexibility index (Phi) is 7.10. The van der Waals surface area contributed by atoms with Gasteiger partial charge < -0.3 is 9.64 Å². The number of nitrogens with zero attached hydrogens (tertiary/aromatic N) is 1. The Labute approximate surface area is 130 Å². The van der Waals surface area contributed by atoms with Gasteiger partial charge in [-0.2, -0.15) is 0 Å². The van der Waals surface area contributed by atoms with Crippen molar-refractivity contribution in [3.05, 3.63) is 29.3 Å². The predicted molar refractivity (Wildman–Crippen MR) is 80.8 cm³/mol. The van der Waals surface area contributed by atoms with Crippen molar-refractivity contribution in [1.82, 2.24) is 9.62 Å². The Morgan fingerprint density at radius 2 is 1.90 bits per heavy atom. The molecule has 0 aromatic heterocycles. The minimum absolute atomic E-state index is 0.127. The molecular weight excluding hydrogens is 316 g/mol. The second-order valence-corrected chi connectivity index (χ2v) is 6.55. The Bertz CT molecular complexity index is 560. The topological polar surface area (TPSA) is 75.7 Å². The van der Waals surface area contributed by atoms with Crippen molar-refractivity contribution >= 4 is 27.5 Å². The van der Waals surface area contributed by atoms with Crippen molar-refractivity contribution in [1.29, 1.82) is 0 Å². The summed E-state index contributed by atoms with van der Waals surface area (Å²) in [6.45, 7) is 2.68. The Morgan fingerprint density at radius 3 is 2.43 bits per heavy atom. The van der Waals surface area contributed by atoms with Gasteiger partial charge in [0.15, 0.2) is 0 Å². The first-order chi connectivity index (χ1) is 9.86. The highest BCUT2D eigenvalue weighted by Crippen LogP contribution is 2.13. The summed E-state index contributed by atoms with van der Waals surface area (Å²) in [5.74, 6) is -0.127. The molecule has 1 aromatic carbocycles. The number of amides is 1. The lowest BCUT2D eigenvalue weighted by Gasteiger charge is -2.20. The molecule has 0 aliphatic rings. The fourth-order valence-electron chi connectivity index (χ4n) is 1.64. The summed E-state index contributed by atoms with van der Waals surface area (Å²) in [6, 6.07) is 5.88. The van der Waals surface area contributed by atoms with E-state index in [0.29, 0.717) is 18.2 Å². The number of carbonyl (C=O) groups is 1. The van der Waals surface area contributed by atoms with Crippen LogP contribution >= 0.6 is 11.6 Å². The molecule has 0 heterocycles. The number of methoxy groups -OCH3 is 1. The fourth-order valence-corrected chi connectivity index (χ4v) is 2.79. The number of ether oxygens (including phenoxy) is 1. The molecule has 0 unspecified atom stereocenters. The molecule has 0 spiro atoms. The zero-order valence-corrected chi connectivity index (χ0v) is 13.6. The molecule has 0 fully saturated rings. The lowest BCUT2D eigenvalue weighted by atomic mass is 10.4. The summed E-state index contributed by atoms with van der Waals surface area (Å²) >= 11 is 5.72. The maximum atomic E-state index is 12.0. The van der Waals surface area contributed by atoms with Crippen LogP contribution in [0.1, 0.15) is 6.92 Å². The van der Waals surface area contributed by atoms with E-state index in [2.05, 4.69) is 4.72 Å². The highest BCUT2D eigenvalue weighted by Gasteiger charge is 2.14. The number of nitrogens with one attached hydrogen (secondary N) is 1. The summed E-state index contributed by atoms with van der Waals surface area (Å²) in [4.78, 5) is 13.1. The lowest BCUT2D eigenvalue weighted by molar-refractivity contribution is -0.129. The second kappa shape index (κ2) is 8.33. The number of sulfonamides is 1. The highest BCUT2D eigenvalue weighted by atomic mass is 35.5. The smallest absolute Gasteiger partial charge is 0.240 e. The molecule has 1 aromatic rings. The van der Waals surface area contributed by atoms with Gasteiger partial charge in [0, 0.05) is 38.7 Å². The van der Waals surface area contributed by atoms with E-state index in [9.17, 15) is 13.2 Å². The monoisotopic (exact) mass is 334 g/mol. The minimum atomic E-state index is -3.60. The summed E-state index contributed by atoms with van der Waals surface area (Å²) < 4.78 is 31.4. The lowest BCUT2D eigenvalue weighted by Crippen LogP contribution is -2.39. The number of benzene rings is 1. The van der Waals surface area contributed by atoms with Crippen LogP contribution in [0.3, 0.4) is 0 Å². The van der Waals surface area contributed by atoms with Gasteiger partial charge in [0.1, 0.15) is 0 Å². The van der Waals surface area contributed by atoms with Gasteiger partial charge in [-0.1, -0.05) is 11.6 Å². The molecule has 8 heteroatoms. The maximum Gasteiger partial charge on any atom is 0.240 e. The van der Waals surface area contributed by atoms with Crippen molar-refractivity contribution in [3.8, 4) is 0 Å². The third-order valence-corrected chi connectivity index (χ3v) is 4.54. The highest BCUT2D eigenvalue weighted by molar-refractivity contribution is 7.89. The first-order valence-corrected chi connectivity index (χ1v) is 8.22. The van der Waals surface area contributed by atoms with E-state index in [0.717, 1.165) is 0 Å². The molecule has 1 rings (SSSR count). The van der Waals surface area contributed by atoms with Crippen LogP contribution < -0.4 is 4.72 Å². The van der Waals surface area contributed by atoms with Crippen molar-refractivity contribution < 1.29 is 17.9 Å². The van der Waals surface area contributed by atoms with Gasteiger partial charge in [-0.15, -0.1) is 0 Å². The molecule has 1 N–H and O–H groups in total. The zero-order valence-electron chi connectivity index (χ0n) is 12.0. The number of carbonyl (C=O) groups excluding carboxylic acids is 1. The van der Waals surface area contributed by atoms with E-state index >= 15 is 0 Å². The quantitative estimate of drug-likeness (QED) is 0.772. The molecule has 0 saturated heterocycles. The molecule has 6 nitrogen and oxygen atoms in total. The van der Waals surface area contributed by atoms with Gasteiger partial charge in [0.25, 0.3) is 0 Å². The van der Waals surface area contributed by atoms with Gasteiger partial charge in [0.2, 0.25) is 15.9 Å². The van der Waals surface area contributed by atoms with E-state index in [-0.39, 0.29) is 23.9 Å². The second-order valence-electron chi connectivity index (χ2n) is 4.35. The molecular formula is C13H19ClN2O4S. The van der Waals surface area contributed by atoms with Crippen LogP contribution in [0, 0.1) is 0 Å². The van der Waals surface area contributed by atoms with Crippen molar-refractivity contribution in [2.45, 2.75) is 11.8 Å². The number of hydrogen-bond donors (Lipinski definition) is 1. The molecule has 0 atom stereocenters. The van der Waals surface area contributed by atoms with Crippen LogP contribution in [-0.4, -0.2) is 52.6 Å². The third kappa shape index (κ3) is 6.01. The molecule has 0 radical (unpaired) electrons. The molecule has 0 saturated carbocycles. The molecule has 0 aliphatic carbocycles. The standard InChI is InChI=1S/C13H19ClN2O4S/c1-11(17)16(9-10-20-2)8-7-15-21(18,19)13-5-3-12(14)4-6-13/h3-6,15H,7-10H2,1-2H3. The first kappa shape index (κ1) is 17.9. The Hall–Kier alpha value is -1.15. The van der Waals surface area contributed by atoms with Gasteiger partial charge in [-0.25, -0.2) is 13.1 Å². The van der Waals surface area contributed by atoms with Gasteiger partial charge in [-0.3, -0.25) is 4.79 Å². The Balaban J connectivity index is 2.56. The molecule has 0 aliphatic heterocycles. The van der Waals surface area contributed by atoms with Crippen LogP contribution in [0.25, 0.3) is 0 Å². The predicted octanol–water partition coefficient (Wildman–Crippen LogP) is 1.11. The summed E-state index contributed by atoms with van der Waals surface area (Å²) in [5.41, 5.74) is 0. The van der Waals surface area contributed by atoms with Gasteiger partial charge in [-0.05, 0) is 24.3 Å². The minimum Gasteiger partial charge on any atom is -0.383 e. The maximum absolute atomic E-state index is 12.0. The van der Waals surface area contributed by atoms with E-state index in [1.54, 1.807) is 7.11 Å². The van der Waals surface area contributed by atoms with Crippen molar-refractivity contribution in [2.24, 2.45) is 0 Å². The van der Waals surface area contributed by atoms with Crippen LogP contribution in [0.2, 0.25) is 5.02 Å². The number of halogens is 1. The zero-order chi connectivity index (χ0) is 15.9. The van der Waals surface area contributed by atoms with Crippen molar-refractivity contribution in [2.75, 3.05) is 33.4 Å². The van der Waals surface area contributed by atoms with Crippen molar-refractivity contribution in [3.63, 3.8) is 0 Å². The summed E-state index contributed by atoms with van der Waals surface area (Å²) in [5, 5.41) is 0.469. The van der Waals surface area contributed by atoms with Gasteiger partial charge in [0.05, 0.1) is 11.5 Å².